The largest absolute Gasteiger partial charge is 0.490 e. The van der Waals surface area contributed by atoms with Crippen LogP contribution in [0.25, 0.3) is 0 Å². The maximum absolute atomic E-state index is 12.5. The lowest BCUT2D eigenvalue weighted by molar-refractivity contribution is -0.193. The first kappa shape index (κ1) is 31.0. The molecule has 2 saturated heterocycles. The van der Waals surface area contributed by atoms with Gasteiger partial charge in [-0.1, -0.05) is 0 Å². The second kappa shape index (κ2) is 13.0. The maximum atomic E-state index is 12.5. The molecule has 0 aliphatic carbocycles. The molecular formula is C23H25F6N3O5S. The third-order valence-corrected chi connectivity index (χ3v) is 6.76. The van der Waals surface area contributed by atoms with Gasteiger partial charge in [0.2, 0.25) is 5.91 Å². The van der Waals surface area contributed by atoms with E-state index in [-0.39, 0.29) is 5.54 Å². The van der Waals surface area contributed by atoms with Crippen LogP contribution >= 0.6 is 11.3 Å². The van der Waals surface area contributed by atoms with Gasteiger partial charge in [0.05, 0.1) is 0 Å². The summed E-state index contributed by atoms with van der Waals surface area (Å²) in [6.07, 6.45) is -2.64. The average Bonchev–Trinajstić information content (AvgIpc) is 3.45. The summed E-state index contributed by atoms with van der Waals surface area (Å²) in [5.41, 5.74) is 2.67. The smallest absolute Gasteiger partial charge is 0.475 e. The third kappa shape index (κ3) is 9.28. The molecule has 0 bridgehead atoms. The Kier molecular flexibility index (Phi) is 10.6. The molecule has 2 fully saturated rings. The summed E-state index contributed by atoms with van der Waals surface area (Å²) < 4.78 is 63.5. The van der Waals surface area contributed by atoms with Gasteiger partial charge in [0, 0.05) is 50.5 Å². The van der Waals surface area contributed by atoms with Gasteiger partial charge in [-0.05, 0) is 59.3 Å². The molecule has 1 spiro atoms. The van der Waals surface area contributed by atoms with Gasteiger partial charge in [0.1, 0.15) is 0 Å². The van der Waals surface area contributed by atoms with E-state index >= 15 is 0 Å². The first-order valence-electron chi connectivity index (χ1n) is 11.2. The lowest BCUT2D eigenvalue weighted by atomic mass is 9.84. The predicted octanol–water partition coefficient (Wildman–Crippen LogP) is 4.57. The number of carboxylic acids is 2. The van der Waals surface area contributed by atoms with Crippen molar-refractivity contribution in [3.05, 3.63) is 52.5 Å². The summed E-state index contributed by atoms with van der Waals surface area (Å²) in [6.45, 7) is 3.93. The number of pyridine rings is 1. The zero-order valence-electron chi connectivity index (χ0n) is 19.8. The van der Waals surface area contributed by atoms with E-state index in [0.717, 1.165) is 45.4 Å². The highest BCUT2D eigenvalue weighted by molar-refractivity contribution is 7.07. The van der Waals surface area contributed by atoms with Crippen molar-refractivity contribution in [1.82, 2.24) is 14.8 Å². The van der Waals surface area contributed by atoms with Crippen LogP contribution in [0, 0.1) is 0 Å². The van der Waals surface area contributed by atoms with Crippen molar-refractivity contribution >= 4 is 29.2 Å². The highest BCUT2D eigenvalue weighted by Crippen LogP contribution is 2.40. The number of aromatic nitrogens is 1. The lowest BCUT2D eigenvalue weighted by Crippen LogP contribution is -2.52. The summed E-state index contributed by atoms with van der Waals surface area (Å²) in [5, 5.41) is 18.6. The number of carbonyl (C=O) groups excluding carboxylic acids is 1. The summed E-state index contributed by atoms with van der Waals surface area (Å²) in [4.78, 5) is 39.0. The fourth-order valence-corrected chi connectivity index (χ4v) is 4.75. The van der Waals surface area contributed by atoms with Crippen LogP contribution in [-0.2, 0) is 27.5 Å². The second-order valence-corrected chi connectivity index (χ2v) is 9.35. The number of rotatable bonds is 4. The molecule has 0 unspecified atom stereocenters. The Labute approximate surface area is 217 Å². The SMILES string of the molecule is O=C(O)C(F)(F)F.O=C(O)C(F)(F)F.O=C1CCC2(CCN(Cc3ccsc3)CC2)N1Cc1ccncc1. The standard InChI is InChI=1S/C19H23N3OS.2C2HF3O2/c23-18-1-5-19(22(18)14-16-2-8-20-9-3-16)6-10-21(11-7-19)13-17-4-12-24-15-17;2*3-2(4,5)1(6)7/h2-4,8-9,12,15H,1,5-7,10-11,13-14H2;2*(H,6,7). The van der Waals surface area contributed by atoms with Crippen molar-refractivity contribution in [2.45, 2.75) is 56.7 Å². The number of amides is 1. The van der Waals surface area contributed by atoms with Crippen LogP contribution in [0.5, 0.6) is 0 Å². The van der Waals surface area contributed by atoms with E-state index in [9.17, 15) is 31.1 Å². The first-order valence-corrected chi connectivity index (χ1v) is 12.1. The van der Waals surface area contributed by atoms with Crippen molar-refractivity contribution < 1.29 is 50.9 Å². The van der Waals surface area contributed by atoms with Gasteiger partial charge in [-0.3, -0.25) is 14.7 Å². The Balaban J connectivity index is 0.000000301. The number of carbonyl (C=O) groups is 3. The Bertz CT molecular complexity index is 1030. The molecule has 2 aromatic rings. The van der Waals surface area contributed by atoms with E-state index < -0.39 is 24.3 Å². The molecule has 2 aromatic heterocycles. The quantitative estimate of drug-likeness (QED) is 0.519. The first-order chi connectivity index (χ1) is 17.6. The molecule has 2 N–H and O–H groups in total. The molecule has 2 aliphatic rings. The fraction of sp³-hybridized carbons (Fsp3) is 0.478. The molecule has 2 aliphatic heterocycles. The molecule has 4 heterocycles. The molecule has 8 nitrogen and oxygen atoms in total. The molecule has 15 heteroatoms. The molecular weight excluding hydrogens is 544 g/mol. The van der Waals surface area contributed by atoms with E-state index in [1.165, 1.54) is 11.1 Å². The van der Waals surface area contributed by atoms with Crippen molar-refractivity contribution in [2.75, 3.05) is 13.1 Å². The van der Waals surface area contributed by atoms with Crippen LogP contribution in [0.4, 0.5) is 26.3 Å². The Hall–Kier alpha value is -3.20. The van der Waals surface area contributed by atoms with Gasteiger partial charge >= 0.3 is 24.3 Å². The molecule has 4 rings (SSSR count). The van der Waals surface area contributed by atoms with Gasteiger partial charge in [-0.15, -0.1) is 0 Å². The highest BCUT2D eigenvalue weighted by Gasteiger charge is 2.46. The topological polar surface area (TPSA) is 111 Å². The summed E-state index contributed by atoms with van der Waals surface area (Å²) in [7, 11) is 0. The van der Waals surface area contributed by atoms with E-state index in [1.807, 2.05) is 24.5 Å². The van der Waals surface area contributed by atoms with Gasteiger partial charge in [0.25, 0.3) is 0 Å². The van der Waals surface area contributed by atoms with Crippen molar-refractivity contribution in [2.24, 2.45) is 0 Å². The molecule has 0 radical (unpaired) electrons. The fourth-order valence-electron chi connectivity index (χ4n) is 4.09. The van der Waals surface area contributed by atoms with Crippen LogP contribution in [-0.4, -0.2) is 73.8 Å². The summed E-state index contributed by atoms with van der Waals surface area (Å²) in [5.74, 6) is -5.20. The predicted molar refractivity (Wildman–Crippen MR) is 123 cm³/mol. The van der Waals surface area contributed by atoms with Gasteiger partial charge in [-0.25, -0.2) is 9.59 Å². The van der Waals surface area contributed by atoms with Crippen molar-refractivity contribution in [1.29, 1.82) is 0 Å². The van der Waals surface area contributed by atoms with Crippen LogP contribution < -0.4 is 0 Å². The zero-order valence-corrected chi connectivity index (χ0v) is 20.7. The maximum Gasteiger partial charge on any atom is 0.490 e. The molecule has 0 aromatic carbocycles. The number of aliphatic carboxylic acids is 2. The van der Waals surface area contributed by atoms with Gasteiger partial charge in [0.15, 0.2) is 0 Å². The van der Waals surface area contributed by atoms with Crippen LogP contribution in [0.15, 0.2) is 41.4 Å². The van der Waals surface area contributed by atoms with Crippen molar-refractivity contribution in [3.8, 4) is 0 Å². The third-order valence-electron chi connectivity index (χ3n) is 6.03. The number of thiophene rings is 1. The molecule has 1 amide bonds. The van der Waals surface area contributed by atoms with E-state index in [4.69, 9.17) is 19.8 Å². The zero-order chi connectivity index (χ0) is 28.6. The Morgan fingerprint density at radius 2 is 1.42 bits per heavy atom. The van der Waals surface area contributed by atoms with Gasteiger partial charge in [-0.2, -0.15) is 37.7 Å². The van der Waals surface area contributed by atoms with Crippen LogP contribution in [0.2, 0.25) is 0 Å². The van der Waals surface area contributed by atoms with E-state index in [2.05, 4.69) is 31.6 Å². The normalized spacial score (nSPS) is 17.3. The number of piperidine rings is 1. The Morgan fingerprint density at radius 1 is 0.895 bits per heavy atom. The number of nitrogens with zero attached hydrogens (tertiary/aromatic N) is 3. The number of likely N-dealkylation sites (tertiary alicyclic amines) is 2. The number of hydrogen-bond donors (Lipinski definition) is 2. The second-order valence-electron chi connectivity index (χ2n) is 8.57. The molecule has 0 atom stereocenters. The van der Waals surface area contributed by atoms with Crippen molar-refractivity contribution in [3.63, 3.8) is 0 Å². The molecule has 38 heavy (non-hydrogen) atoms. The van der Waals surface area contributed by atoms with E-state index in [1.54, 1.807) is 11.3 Å². The van der Waals surface area contributed by atoms with Crippen LogP contribution in [0.3, 0.4) is 0 Å². The number of halogens is 6. The average molecular weight is 570 g/mol. The lowest BCUT2D eigenvalue weighted by Gasteiger charge is -2.45. The summed E-state index contributed by atoms with van der Waals surface area (Å²) >= 11 is 1.76. The van der Waals surface area contributed by atoms with Gasteiger partial charge < -0.3 is 15.1 Å². The minimum Gasteiger partial charge on any atom is -0.475 e. The number of alkyl halides is 6. The number of carboxylic acid groups (broad SMARTS) is 2. The molecule has 210 valence electrons. The summed E-state index contributed by atoms with van der Waals surface area (Å²) in [6, 6.07) is 6.25. The van der Waals surface area contributed by atoms with Crippen LogP contribution in [0.1, 0.15) is 36.8 Å². The highest BCUT2D eigenvalue weighted by atomic mass is 32.1. The monoisotopic (exact) mass is 569 g/mol. The molecule has 0 saturated carbocycles. The van der Waals surface area contributed by atoms with E-state index in [0.29, 0.717) is 12.3 Å². The Morgan fingerprint density at radius 3 is 1.87 bits per heavy atom. The minimum atomic E-state index is -5.08. The minimum absolute atomic E-state index is 0.0749. The number of hydrogen-bond acceptors (Lipinski definition) is 6.